The number of rotatable bonds is 4. The van der Waals surface area contributed by atoms with Crippen LogP contribution in [0, 0.1) is 0 Å². The monoisotopic (exact) mass is 437 g/mol. The van der Waals surface area contributed by atoms with Gasteiger partial charge in [-0.05, 0) is 70.0 Å². The number of hydrogen-bond donors (Lipinski definition) is 1. The first-order valence-electron chi connectivity index (χ1n) is 11.0. The summed E-state index contributed by atoms with van der Waals surface area (Å²) in [6.45, 7) is 4.33. The smallest absolute Gasteiger partial charge is 0.238 e. The van der Waals surface area contributed by atoms with E-state index in [9.17, 15) is 0 Å². The predicted molar refractivity (Wildman–Crippen MR) is 124 cm³/mol. The molecule has 1 aromatic carbocycles. The Kier molecular flexibility index (Phi) is 5.59. The van der Waals surface area contributed by atoms with E-state index < -0.39 is 0 Å². The van der Waals surface area contributed by atoms with Crippen LogP contribution in [0.15, 0.2) is 42.9 Å². The van der Waals surface area contributed by atoms with E-state index in [1.54, 1.807) is 6.20 Å². The second kappa shape index (κ2) is 8.52. The Bertz CT molecular complexity index is 1080. The van der Waals surface area contributed by atoms with Crippen LogP contribution in [0.2, 0.25) is 5.02 Å². The number of ether oxygens (including phenoxy) is 1. The van der Waals surface area contributed by atoms with Gasteiger partial charge in [0.05, 0.1) is 12.2 Å². The lowest BCUT2D eigenvalue weighted by Gasteiger charge is -2.35. The molecule has 4 heterocycles. The van der Waals surface area contributed by atoms with Gasteiger partial charge in [0.2, 0.25) is 5.88 Å². The molecule has 2 aliphatic rings. The van der Waals surface area contributed by atoms with E-state index in [2.05, 4.69) is 52.2 Å². The van der Waals surface area contributed by atoms with Crippen LogP contribution in [0.5, 0.6) is 11.6 Å². The van der Waals surface area contributed by atoms with Crippen molar-refractivity contribution in [3.63, 3.8) is 0 Å². The van der Waals surface area contributed by atoms with E-state index in [1.807, 2.05) is 18.3 Å². The van der Waals surface area contributed by atoms with E-state index in [0.717, 1.165) is 55.6 Å². The number of fused-ring (bicyclic) bond motifs is 1. The molecule has 31 heavy (non-hydrogen) atoms. The summed E-state index contributed by atoms with van der Waals surface area (Å²) in [5.41, 5.74) is 4.50. The molecule has 2 aromatic heterocycles. The average Bonchev–Trinajstić information content (AvgIpc) is 3.29. The first-order chi connectivity index (χ1) is 15.1. The number of benzene rings is 1. The molecule has 0 bridgehead atoms. The Labute approximate surface area is 188 Å². The third-order valence-electron chi connectivity index (χ3n) is 6.61. The Morgan fingerprint density at radius 1 is 1.16 bits per heavy atom. The summed E-state index contributed by atoms with van der Waals surface area (Å²) >= 11 is 6.39. The van der Waals surface area contributed by atoms with Crippen molar-refractivity contribution in [3.05, 3.63) is 53.4 Å². The van der Waals surface area contributed by atoms with Gasteiger partial charge in [-0.25, -0.2) is 4.98 Å². The van der Waals surface area contributed by atoms with Crippen molar-refractivity contribution < 1.29 is 4.74 Å². The van der Waals surface area contributed by atoms with E-state index in [1.165, 1.54) is 11.3 Å². The molecule has 1 unspecified atom stereocenters. The van der Waals surface area contributed by atoms with Gasteiger partial charge in [0.25, 0.3) is 0 Å². The number of aromatic nitrogens is 3. The minimum atomic E-state index is 0.436. The molecule has 1 fully saturated rings. The highest BCUT2D eigenvalue weighted by atomic mass is 35.5. The van der Waals surface area contributed by atoms with Crippen molar-refractivity contribution in [2.24, 2.45) is 0 Å². The van der Waals surface area contributed by atoms with Gasteiger partial charge in [0, 0.05) is 47.9 Å². The number of piperidine rings is 1. The maximum atomic E-state index is 6.41. The molecule has 162 valence electrons. The highest BCUT2D eigenvalue weighted by Gasteiger charge is 2.27. The van der Waals surface area contributed by atoms with Crippen LogP contribution in [-0.2, 0) is 6.42 Å². The van der Waals surface area contributed by atoms with Crippen LogP contribution < -0.4 is 15.0 Å². The molecule has 7 heteroatoms. The zero-order valence-corrected chi connectivity index (χ0v) is 18.8. The fourth-order valence-corrected chi connectivity index (χ4v) is 4.77. The van der Waals surface area contributed by atoms with Gasteiger partial charge in [0.15, 0.2) is 0 Å². The Morgan fingerprint density at radius 3 is 2.81 bits per heavy atom. The van der Waals surface area contributed by atoms with Crippen LogP contribution in [0.4, 0.5) is 5.69 Å². The number of hydrogen-bond acceptors (Lipinski definition) is 5. The molecule has 1 N–H and O–H groups in total. The van der Waals surface area contributed by atoms with Gasteiger partial charge < -0.3 is 15.0 Å². The third kappa shape index (κ3) is 3.90. The first kappa shape index (κ1) is 20.3. The van der Waals surface area contributed by atoms with E-state index in [4.69, 9.17) is 21.4 Å². The lowest BCUT2D eigenvalue weighted by atomic mass is 9.93. The standard InChI is InChI=1S/C24H28ClN5O/c1-16-5-6-20-22(29(16)2)8-7-19(23(20)31-24-21(25)4-3-11-27-24)17-14-28-30(15-17)18-9-12-26-13-10-18/h3-4,7-8,11,14-16,18,26H,5-6,9-10,12-13H2,1-2H3. The molecule has 0 saturated carbocycles. The molecule has 0 aliphatic carbocycles. The summed E-state index contributed by atoms with van der Waals surface area (Å²) in [5, 5.41) is 8.63. The molecule has 3 aromatic rings. The van der Waals surface area contributed by atoms with Gasteiger partial charge in [-0.2, -0.15) is 5.10 Å². The Morgan fingerprint density at radius 2 is 2.00 bits per heavy atom. The summed E-state index contributed by atoms with van der Waals surface area (Å²) in [5.74, 6) is 1.27. The van der Waals surface area contributed by atoms with Crippen LogP contribution in [0.1, 0.15) is 37.8 Å². The zero-order valence-electron chi connectivity index (χ0n) is 18.0. The van der Waals surface area contributed by atoms with Crippen LogP contribution in [0.25, 0.3) is 11.1 Å². The van der Waals surface area contributed by atoms with Crippen molar-refractivity contribution >= 4 is 17.3 Å². The maximum Gasteiger partial charge on any atom is 0.238 e. The molecule has 2 aliphatic heterocycles. The molecular weight excluding hydrogens is 410 g/mol. The normalized spacial score (nSPS) is 19.3. The predicted octanol–water partition coefficient (Wildman–Crippen LogP) is 5.09. The molecule has 6 nitrogen and oxygen atoms in total. The summed E-state index contributed by atoms with van der Waals surface area (Å²) in [6.07, 6.45) is 10.0. The van der Waals surface area contributed by atoms with Gasteiger partial charge in [0.1, 0.15) is 10.8 Å². The highest BCUT2D eigenvalue weighted by molar-refractivity contribution is 6.31. The van der Waals surface area contributed by atoms with Crippen LogP contribution in [0.3, 0.4) is 0 Å². The highest BCUT2D eigenvalue weighted by Crippen LogP contribution is 2.44. The second-order valence-corrected chi connectivity index (χ2v) is 8.93. The van der Waals surface area contributed by atoms with Gasteiger partial charge in [-0.15, -0.1) is 0 Å². The number of pyridine rings is 1. The van der Waals surface area contributed by atoms with Crippen LogP contribution >= 0.6 is 11.6 Å². The van der Waals surface area contributed by atoms with Crippen molar-refractivity contribution in [1.82, 2.24) is 20.1 Å². The molecule has 5 rings (SSSR count). The van der Waals surface area contributed by atoms with Gasteiger partial charge in [-0.3, -0.25) is 4.68 Å². The summed E-state index contributed by atoms with van der Waals surface area (Å²) in [6, 6.07) is 8.90. The van der Waals surface area contributed by atoms with Crippen molar-refractivity contribution in [3.8, 4) is 22.8 Å². The molecule has 0 amide bonds. The SMILES string of the molecule is CC1CCc2c(ccc(-c3cnn(C4CCNCC4)c3)c2Oc2ncccc2Cl)N1C. The fourth-order valence-electron chi connectivity index (χ4n) is 4.61. The van der Waals surface area contributed by atoms with E-state index >= 15 is 0 Å². The molecular formula is C24H28ClN5O. The number of halogens is 1. The largest absolute Gasteiger partial charge is 0.437 e. The molecule has 1 atom stereocenters. The summed E-state index contributed by atoms with van der Waals surface area (Å²) < 4.78 is 8.53. The van der Waals surface area contributed by atoms with E-state index in [-0.39, 0.29) is 0 Å². The molecule has 0 radical (unpaired) electrons. The number of anilines is 1. The second-order valence-electron chi connectivity index (χ2n) is 8.52. The Hall–Kier alpha value is -2.57. The van der Waals surface area contributed by atoms with Gasteiger partial charge >= 0.3 is 0 Å². The quantitative estimate of drug-likeness (QED) is 0.616. The minimum Gasteiger partial charge on any atom is -0.437 e. The molecule has 1 saturated heterocycles. The third-order valence-corrected chi connectivity index (χ3v) is 6.90. The van der Waals surface area contributed by atoms with Crippen molar-refractivity contribution in [2.75, 3.05) is 25.0 Å². The number of nitrogens with zero attached hydrogens (tertiary/aromatic N) is 4. The number of nitrogens with one attached hydrogen (secondary N) is 1. The minimum absolute atomic E-state index is 0.436. The van der Waals surface area contributed by atoms with Gasteiger partial charge in [-0.1, -0.05) is 11.6 Å². The first-order valence-corrected chi connectivity index (χ1v) is 11.4. The average molecular weight is 438 g/mol. The van der Waals surface area contributed by atoms with Crippen molar-refractivity contribution in [2.45, 2.75) is 44.7 Å². The summed E-state index contributed by atoms with van der Waals surface area (Å²) in [4.78, 5) is 6.70. The lowest BCUT2D eigenvalue weighted by Crippen LogP contribution is -2.33. The summed E-state index contributed by atoms with van der Waals surface area (Å²) in [7, 11) is 2.15. The van der Waals surface area contributed by atoms with Crippen molar-refractivity contribution in [1.29, 1.82) is 0 Å². The maximum absolute atomic E-state index is 6.41. The fraction of sp³-hybridized carbons (Fsp3) is 0.417. The Balaban J connectivity index is 1.58. The van der Waals surface area contributed by atoms with E-state index in [0.29, 0.717) is 23.0 Å². The molecule has 0 spiro atoms. The van der Waals surface area contributed by atoms with Crippen LogP contribution in [-0.4, -0.2) is 40.9 Å². The zero-order chi connectivity index (χ0) is 21.4. The topological polar surface area (TPSA) is 55.2 Å². The lowest BCUT2D eigenvalue weighted by molar-refractivity contribution is 0.343.